The zero-order valence-corrected chi connectivity index (χ0v) is 15.8. The van der Waals surface area contributed by atoms with E-state index in [0.29, 0.717) is 30.5 Å². The molecule has 144 valence electrons. The summed E-state index contributed by atoms with van der Waals surface area (Å²) in [4.78, 5) is 11.1. The Hall–Kier alpha value is -0.710. The second kappa shape index (κ2) is 11.8. The molecule has 2 bridgehead atoms. The number of allylic oxidation sites excluding steroid dienone is 2. The van der Waals surface area contributed by atoms with Crippen molar-refractivity contribution in [3.63, 3.8) is 0 Å². The lowest BCUT2D eigenvalue weighted by Crippen LogP contribution is -2.30. The molecule has 4 atom stereocenters. The lowest BCUT2D eigenvalue weighted by molar-refractivity contribution is -0.121. The first-order valence-electron chi connectivity index (χ1n) is 10.3. The highest BCUT2D eigenvalue weighted by molar-refractivity contribution is 5.79. The molecule has 4 heteroatoms. The first kappa shape index (κ1) is 20.6. The summed E-state index contributed by atoms with van der Waals surface area (Å²) in [7, 11) is 0. The van der Waals surface area contributed by atoms with Crippen LogP contribution in [0.25, 0.3) is 0 Å². The average molecular weight is 353 g/mol. The van der Waals surface area contributed by atoms with Gasteiger partial charge in [0.05, 0.1) is 18.8 Å². The van der Waals surface area contributed by atoms with E-state index in [2.05, 4.69) is 19.1 Å². The molecule has 1 N–H and O–H groups in total. The van der Waals surface area contributed by atoms with Crippen molar-refractivity contribution in [1.82, 2.24) is 0 Å². The topological polar surface area (TPSA) is 55.8 Å². The van der Waals surface area contributed by atoms with Crippen LogP contribution in [0.3, 0.4) is 0 Å². The number of aliphatic hydroxyl groups is 1. The summed E-state index contributed by atoms with van der Waals surface area (Å²) in [6, 6.07) is 0. The highest BCUT2D eigenvalue weighted by Gasteiger charge is 2.48. The molecule has 2 aliphatic heterocycles. The van der Waals surface area contributed by atoms with Crippen molar-refractivity contribution in [2.45, 2.75) is 83.3 Å². The van der Waals surface area contributed by atoms with Crippen molar-refractivity contribution in [2.75, 3.05) is 19.8 Å². The molecule has 0 saturated carbocycles. The number of aliphatic hydroxyl groups excluding tert-OH is 1. The Bertz CT molecular complexity index is 407. The third kappa shape index (κ3) is 6.84. The lowest BCUT2D eigenvalue weighted by Gasteiger charge is -2.27. The number of ketones is 1. The maximum absolute atomic E-state index is 11.1. The van der Waals surface area contributed by atoms with E-state index in [4.69, 9.17) is 14.6 Å². The largest absolute Gasteiger partial charge is 0.389 e. The summed E-state index contributed by atoms with van der Waals surface area (Å²) in [6.45, 7) is 3.63. The minimum absolute atomic E-state index is 0.0638. The number of Topliss-reactive ketones (excluding diaryl/α,β-unsaturated/α-hetero) is 1. The molecule has 0 spiro atoms. The van der Waals surface area contributed by atoms with Gasteiger partial charge < -0.3 is 14.6 Å². The van der Waals surface area contributed by atoms with Gasteiger partial charge >= 0.3 is 0 Å². The molecule has 0 amide bonds. The molecule has 0 aromatic heterocycles. The fraction of sp³-hybridized carbons (Fsp3) is 0.857. The van der Waals surface area contributed by atoms with Crippen LogP contribution in [-0.4, -0.2) is 42.9 Å². The zero-order chi connectivity index (χ0) is 17.9. The molecular formula is C21H36O4. The Morgan fingerprint density at radius 1 is 1.12 bits per heavy atom. The van der Waals surface area contributed by atoms with E-state index in [1.54, 1.807) is 0 Å². The molecule has 0 aliphatic carbocycles. The minimum Gasteiger partial charge on any atom is -0.389 e. The van der Waals surface area contributed by atoms with Gasteiger partial charge in [-0.2, -0.15) is 0 Å². The van der Waals surface area contributed by atoms with E-state index < -0.39 is 0 Å². The third-order valence-electron chi connectivity index (χ3n) is 5.62. The fourth-order valence-corrected chi connectivity index (χ4v) is 4.15. The van der Waals surface area contributed by atoms with Crippen molar-refractivity contribution >= 4 is 5.78 Å². The number of ether oxygens (including phenoxy) is 2. The van der Waals surface area contributed by atoms with Gasteiger partial charge in [-0.3, -0.25) is 4.79 Å². The summed E-state index contributed by atoms with van der Waals surface area (Å²) in [5, 5.41) is 8.71. The van der Waals surface area contributed by atoms with Crippen LogP contribution in [0.15, 0.2) is 12.2 Å². The van der Waals surface area contributed by atoms with E-state index in [1.807, 2.05) is 0 Å². The van der Waals surface area contributed by atoms with E-state index in [1.165, 1.54) is 38.5 Å². The van der Waals surface area contributed by atoms with E-state index >= 15 is 0 Å². The summed E-state index contributed by atoms with van der Waals surface area (Å²) >= 11 is 0. The molecule has 2 heterocycles. The van der Waals surface area contributed by atoms with E-state index in [-0.39, 0.29) is 12.4 Å². The first-order chi connectivity index (χ1) is 12.3. The highest BCUT2D eigenvalue weighted by atomic mass is 16.5. The normalized spacial score (nSPS) is 28.2. The molecule has 0 aromatic rings. The summed E-state index contributed by atoms with van der Waals surface area (Å²) < 4.78 is 12.1. The van der Waals surface area contributed by atoms with Crippen LogP contribution in [0, 0.1) is 11.8 Å². The number of unbranched alkanes of at least 4 members (excludes halogenated alkanes) is 4. The predicted molar refractivity (Wildman–Crippen MR) is 99.5 cm³/mol. The minimum atomic E-state index is -0.327. The predicted octanol–water partition coefficient (Wildman–Crippen LogP) is 4.05. The fourth-order valence-electron chi connectivity index (χ4n) is 4.15. The van der Waals surface area contributed by atoms with Crippen molar-refractivity contribution in [2.24, 2.45) is 11.8 Å². The van der Waals surface area contributed by atoms with Crippen molar-refractivity contribution in [3.8, 4) is 0 Å². The zero-order valence-electron chi connectivity index (χ0n) is 15.8. The molecule has 2 aliphatic rings. The van der Waals surface area contributed by atoms with Gasteiger partial charge in [0.25, 0.3) is 0 Å². The lowest BCUT2D eigenvalue weighted by atomic mass is 9.78. The van der Waals surface area contributed by atoms with Gasteiger partial charge in [-0.15, -0.1) is 0 Å². The number of carbonyl (C=O) groups excluding carboxylic acids is 1. The molecular weight excluding hydrogens is 316 g/mol. The standard InChI is InChI=1S/C21H36O4/c1-2-3-4-9-14-24-16-19-18(20-12-13-21(19)25-20)11-8-6-5-7-10-17(23)15-22/h6,8,18-22H,2-5,7,9-16H2,1H3/t18-,19+,20-,21+/m1/s1. The molecule has 0 unspecified atom stereocenters. The Morgan fingerprint density at radius 2 is 1.92 bits per heavy atom. The van der Waals surface area contributed by atoms with Gasteiger partial charge in [-0.1, -0.05) is 38.3 Å². The summed E-state index contributed by atoms with van der Waals surface area (Å²) in [6.07, 6.45) is 15.9. The van der Waals surface area contributed by atoms with Crippen molar-refractivity contribution < 1.29 is 19.4 Å². The second-order valence-electron chi connectivity index (χ2n) is 7.55. The van der Waals surface area contributed by atoms with Crippen LogP contribution in [0.5, 0.6) is 0 Å². The van der Waals surface area contributed by atoms with Crippen LogP contribution < -0.4 is 0 Å². The molecule has 2 rings (SSSR count). The number of hydrogen-bond donors (Lipinski definition) is 1. The molecule has 25 heavy (non-hydrogen) atoms. The highest BCUT2D eigenvalue weighted by Crippen LogP contribution is 2.45. The second-order valence-corrected chi connectivity index (χ2v) is 7.55. The van der Waals surface area contributed by atoms with E-state index in [0.717, 1.165) is 32.5 Å². The average Bonchev–Trinajstić information content (AvgIpc) is 3.22. The van der Waals surface area contributed by atoms with Gasteiger partial charge in [0.15, 0.2) is 5.78 Å². The monoisotopic (exact) mass is 352 g/mol. The third-order valence-corrected chi connectivity index (χ3v) is 5.62. The number of rotatable bonds is 14. The van der Waals surface area contributed by atoms with E-state index in [9.17, 15) is 4.79 Å². The van der Waals surface area contributed by atoms with Gasteiger partial charge in [0.2, 0.25) is 0 Å². The number of fused-ring (bicyclic) bond motifs is 2. The smallest absolute Gasteiger partial charge is 0.158 e. The maximum Gasteiger partial charge on any atom is 0.158 e. The van der Waals surface area contributed by atoms with Crippen LogP contribution in [0.4, 0.5) is 0 Å². The van der Waals surface area contributed by atoms with Crippen LogP contribution in [0.2, 0.25) is 0 Å². The van der Waals surface area contributed by atoms with Gasteiger partial charge in [0.1, 0.15) is 6.61 Å². The van der Waals surface area contributed by atoms with Crippen LogP contribution in [0.1, 0.15) is 71.1 Å². The molecule has 2 fully saturated rings. The maximum atomic E-state index is 11.1. The molecule has 0 radical (unpaired) electrons. The molecule has 0 aromatic carbocycles. The van der Waals surface area contributed by atoms with Gasteiger partial charge in [-0.05, 0) is 44.4 Å². The molecule has 2 saturated heterocycles. The SMILES string of the molecule is CCCCCCOC[C@H]1[C@@H](CC=CCCCC(=O)CO)[C@H]2CC[C@@H]1O2. The Kier molecular flexibility index (Phi) is 9.74. The van der Waals surface area contributed by atoms with Gasteiger partial charge in [-0.25, -0.2) is 0 Å². The van der Waals surface area contributed by atoms with Crippen LogP contribution >= 0.6 is 0 Å². The van der Waals surface area contributed by atoms with Crippen molar-refractivity contribution in [1.29, 1.82) is 0 Å². The summed E-state index contributed by atoms with van der Waals surface area (Å²) in [5.74, 6) is 1.07. The Balaban J connectivity index is 1.64. The quantitative estimate of drug-likeness (QED) is 0.378. The van der Waals surface area contributed by atoms with Crippen molar-refractivity contribution in [3.05, 3.63) is 12.2 Å². The first-order valence-corrected chi connectivity index (χ1v) is 10.3. The summed E-state index contributed by atoms with van der Waals surface area (Å²) in [5.41, 5.74) is 0. The Labute approximate surface area is 153 Å². The number of carbonyl (C=O) groups is 1. The van der Waals surface area contributed by atoms with Crippen LogP contribution in [-0.2, 0) is 14.3 Å². The number of hydrogen-bond acceptors (Lipinski definition) is 4. The molecule has 4 nitrogen and oxygen atoms in total. The Morgan fingerprint density at radius 3 is 2.68 bits per heavy atom. The van der Waals surface area contributed by atoms with Gasteiger partial charge in [0, 0.05) is 18.9 Å².